The normalized spacial score (nSPS) is 16.3. The monoisotopic (exact) mass is 264 g/mol. The minimum atomic E-state index is 0.287. The average molecular weight is 264 g/mol. The van der Waals surface area contributed by atoms with Crippen molar-refractivity contribution < 1.29 is 4.79 Å². The SMILES string of the molecule is Cc1n[nH]c(C)c1N1CCN(C(=O)CC(C)C)CC1. The van der Waals surface area contributed by atoms with Crippen molar-refractivity contribution in [3.8, 4) is 0 Å². The van der Waals surface area contributed by atoms with Crippen LogP contribution in [-0.4, -0.2) is 47.2 Å². The van der Waals surface area contributed by atoms with Crippen molar-refractivity contribution >= 4 is 11.6 Å². The van der Waals surface area contributed by atoms with Crippen LogP contribution in [0.4, 0.5) is 5.69 Å². The summed E-state index contributed by atoms with van der Waals surface area (Å²) in [5.41, 5.74) is 3.36. The standard InChI is InChI=1S/C14H24N4O/c1-10(2)9-13(19)17-5-7-18(8-6-17)14-11(3)15-16-12(14)4/h10H,5-9H2,1-4H3,(H,15,16). The van der Waals surface area contributed by atoms with Crippen molar-refractivity contribution in [1.29, 1.82) is 0 Å². The third kappa shape index (κ3) is 3.08. The number of carbonyl (C=O) groups excluding carboxylic acids is 1. The van der Waals surface area contributed by atoms with Crippen LogP contribution in [0.2, 0.25) is 0 Å². The van der Waals surface area contributed by atoms with E-state index >= 15 is 0 Å². The van der Waals surface area contributed by atoms with Crippen LogP contribution >= 0.6 is 0 Å². The fraction of sp³-hybridized carbons (Fsp3) is 0.714. The maximum absolute atomic E-state index is 12.0. The number of aromatic nitrogens is 2. The summed E-state index contributed by atoms with van der Waals surface area (Å²) in [5, 5.41) is 7.26. The van der Waals surface area contributed by atoms with Crippen LogP contribution in [-0.2, 0) is 4.79 Å². The van der Waals surface area contributed by atoms with E-state index in [1.54, 1.807) is 0 Å². The number of hydrogen-bond donors (Lipinski definition) is 1. The van der Waals surface area contributed by atoms with Crippen molar-refractivity contribution in [1.82, 2.24) is 15.1 Å². The molecule has 0 bridgehead atoms. The lowest BCUT2D eigenvalue weighted by atomic mass is 10.1. The number of piperazine rings is 1. The Bertz CT molecular complexity index is 425. The van der Waals surface area contributed by atoms with E-state index in [0.717, 1.165) is 37.6 Å². The van der Waals surface area contributed by atoms with Gasteiger partial charge in [0.1, 0.15) is 0 Å². The van der Waals surface area contributed by atoms with Gasteiger partial charge in [-0.1, -0.05) is 13.8 Å². The van der Waals surface area contributed by atoms with E-state index in [4.69, 9.17) is 0 Å². The molecule has 1 aromatic rings. The number of nitrogens with one attached hydrogen (secondary N) is 1. The third-order valence-corrected chi connectivity index (χ3v) is 3.62. The number of aromatic amines is 1. The van der Waals surface area contributed by atoms with Crippen LogP contribution in [0.1, 0.15) is 31.7 Å². The van der Waals surface area contributed by atoms with E-state index in [2.05, 4.69) is 28.9 Å². The van der Waals surface area contributed by atoms with Crippen molar-refractivity contribution in [3.63, 3.8) is 0 Å². The summed E-state index contributed by atoms with van der Waals surface area (Å²) in [5.74, 6) is 0.721. The first-order valence-electron chi connectivity index (χ1n) is 7.03. The quantitative estimate of drug-likeness (QED) is 0.904. The number of amides is 1. The van der Waals surface area contributed by atoms with Crippen molar-refractivity contribution in [3.05, 3.63) is 11.4 Å². The Hall–Kier alpha value is -1.52. The Balaban J connectivity index is 1.94. The summed E-state index contributed by atoms with van der Waals surface area (Å²) in [6.07, 6.45) is 0.657. The predicted octanol–water partition coefficient (Wildman–Crippen LogP) is 1.72. The Morgan fingerprint density at radius 3 is 2.37 bits per heavy atom. The molecule has 0 unspecified atom stereocenters. The first-order valence-corrected chi connectivity index (χ1v) is 7.03. The molecule has 19 heavy (non-hydrogen) atoms. The Labute approximate surface area is 115 Å². The van der Waals surface area contributed by atoms with Gasteiger partial charge in [-0.15, -0.1) is 0 Å². The molecule has 1 aliphatic rings. The summed E-state index contributed by atoms with van der Waals surface area (Å²) in [6.45, 7) is 11.7. The summed E-state index contributed by atoms with van der Waals surface area (Å²) in [7, 11) is 0. The molecule has 0 spiro atoms. The van der Waals surface area contributed by atoms with E-state index in [0.29, 0.717) is 12.3 Å². The fourth-order valence-electron chi connectivity index (χ4n) is 2.67. The molecule has 0 aliphatic carbocycles. The highest BCUT2D eigenvalue weighted by Gasteiger charge is 2.24. The highest BCUT2D eigenvalue weighted by molar-refractivity contribution is 5.76. The maximum atomic E-state index is 12.0. The van der Waals surface area contributed by atoms with Crippen LogP contribution in [0, 0.1) is 19.8 Å². The summed E-state index contributed by atoms with van der Waals surface area (Å²) in [6, 6.07) is 0. The zero-order valence-corrected chi connectivity index (χ0v) is 12.4. The van der Waals surface area contributed by atoms with Crippen molar-refractivity contribution in [2.75, 3.05) is 31.1 Å². The van der Waals surface area contributed by atoms with Gasteiger partial charge < -0.3 is 9.80 Å². The molecule has 5 nitrogen and oxygen atoms in total. The second-order valence-corrected chi connectivity index (χ2v) is 5.75. The van der Waals surface area contributed by atoms with Gasteiger partial charge in [0.25, 0.3) is 0 Å². The van der Waals surface area contributed by atoms with E-state index in [9.17, 15) is 4.79 Å². The molecule has 0 saturated carbocycles. The molecular formula is C14H24N4O. The Morgan fingerprint density at radius 2 is 1.89 bits per heavy atom. The van der Waals surface area contributed by atoms with Gasteiger partial charge >= 0.3 is 0 Å². The number of rotatable bonds is 3. The fourth-order valence-corrected chi connectivity index (χ4v) is 2.67. The largest absolute Gasteiger partial charge is 0.365 e. The molecule has 1 fully saturated rings. The van der Waals surface area contributed by atoms with E-state index in [1.165, 1.54) is 5.69 Å². The van der Waals surface area contributed by atoms with Gasteiger partial charge in [-0.2, -0.15) is 5.10 Å². The van der Waals surface area contributed by atoms with Crippen molar-refractivity contribution in [2.45, 2.75) is 34.1 Å². The molecule has 2 rings (SSSR count). The number of H-pyrrole nitrogens is 1. The maximum Gasteiger partial charge on any atom is 0.222 e. The Kier molecular flexibility index (Phi) is 4.12. The second kappa shape index (κ2) is 5.63. The molecule has 1 saturated heterocycles. The first kappa shape index (κ1) is 13.9. The van der Waals surface area contributed by atoms with Gasteiger partial charge in [-0.25, -0.2) is 0 Å². The minimum Gasteiger partial charge on any atom is -0.365 e. The molecule has 2 heterocycles. The molecular weight excluding hydrogens is 240 g/mol. The average Bonchev–Trinajstić information content (AvgIpc) is 2.68. The van der Waals surface area contributed by atoms with E-state index in [-0.39, 0.29) is 5.91 Å². The van der Waals surface area contributed by atoms with Crippen molar-refractivity contribution in [2.24, 2.45) is 5.92 Å². The zero-order valence-electron chi connectivity index (χ0n) is 12.4. The van der Waals surface area contributed by atoms with Crippen LogP contribution in [0.25, 0.3) is 0 Å². The molecule has 5 heteroatoms. The van der Waals surface area contributed by atoms with Crippen LogP contribution in [0.15, 0.2) is 0 Å². The van der Waals surface area contributed by atoms with E-state index in [1.807, 2.05) is 18.7 Å². The van der Waals surface area contributed by atoms with Gasteiger partial charge in [0.05, 0.1) is 17.1 Å². The second-order valence-electron chi connectivity index (χ2n) is 5.75. The zero-order chi connectivity index (χ0) is 14.0. The molecule has 0 aromatic carbocycles. The summed E-state index contributed by atoms with van der Waals surface area (Å²) in [4.78, 5) is 16.3. The van der Waals surface area contributed by atoms with Gasteiger partial charge in [0.15, 0.2) is 0 Å². The third-order valence-electron chi connectivity index (χ3n) is 3.62. The van der Waals surface area contributed by atoms with Gasteiger partial charge in [0.2, 0.25) is 5.91 Å². The lowest BCUT2D eigenvalue weighted by Crippen LogP contribution is -2.49. The van der Waals surface area contributed by atoms with Crippen LogP contribution in [0.3, 0.4) is 0 Å². The predicted molar refractivity (Wildman–Crippen MR) is 76.3 cm³/mol. The number of carbonyl (C=O) groups is 1. The summed E-state index contributed by atoms with van der Waals surface area (Å²) < 4.78 is 0. The number of nitrogens with zero attached hydrogens (tertiary/aromatic N) is 3. The molecule has 1 N–H and O–H groups in total. The molecule has 0 atom stereocenters. The molecule has 0 radical (unpaired) electrons. The minimum absolute atomic E-state index is 0.287. The lowest BCUT2D eigenvalue weighted by Gasteiger charge is -2.36. The number of anilines is 1. The number of aryl methyl sites for hydroxylation is 2. The van der Waals surface area contributed by atoms with E-state index < -0.39 is 0 Å². The van der Waals surface area contributed by atoms with Gasteiger partial charge in [-0.05, 0) is 19.8 Å². The van der Waals surface area contributed by atoms with Gasteiger partial charge in [-0.3, -0.25) is 9.89 Å². The first-order chi connectivity index (χ1) is 8.99. The molecule has 1 amide bonds. The highest BCUT2D eigenvalue weighted by atomic mass is 16.2. The van der Waals surface area contributed by atoms with Gasteiger partial charge in [0, 0.05) is 32.6 Å². The number of hydrogen-bond acceptors (Lipinski definition) is 3. The summed E-state index contributed by atoms with van der Waals surface area (Å²) >= 11 is 0. The van der Waals surface area contributed by atoms with Crippen LogP contribution < -0.4 is 4.90 Å². The smallest absolute Gasteiger partial charge is 0.222 e. The molecule has 1 aromatic heterocycles. The highest BCUT2D eigenvalue weighted by Crippen LogP contribution is 2.23. The van der Waals surface area contributed by atoms with Crippen LogP contribution in [0.5, 0.6) is 0 Å². The molecule has 106 valence electrons. The lowest BCUT2D eigenvalue weighted by molar-refractivity contribution is -0.132. The molecule has 1 aliphatic heterocycles. The topological polar surface area (TPSA) is 52.2 Å². The Morgan fingerprint density at radius 1 is 1.26 bits per heavy atom.